The molecule has 2 atom stereocenters. The summed E-state index contributed by atoms with van der Waals surface area (Å²) in [5, 5.41) is 1.64. The average molecular weight is 428 g/mol. The molecule has 164 valence electrons. The Morgan fingerprint density at radius 3 is 2.14 bits per heavy atom. The smallest absolute Gasteiger partial charge is 0.447 e. The van der Waals surface area contributed by atoms with Crippen LogP contribution in [-0.4, -0.2) is 49.8 Å². The largest absolute Gasteiger partial charge is 0.490 e. The van der Waals surface area contributed by atoms with Gasteiger partial charge in [0.15, 0.2) is 0 Å². The van der Waals surface area contributed by atoms with Crippen molar-refractivity contribution in [1.29, 1.82) is 0 Å². The van der Waals surface area contributed by atoms with Crippen molar-refractivity contribution in [3.05, 3.63) is 29.8 Å². The summed E-state index contributed by atoms with van der Waals surface area (Å²) in [6.07, 6.45) is -10.5. The number of nitrogens with zero attached hydrogens (tertiary/aromatic N) is 1. The van der Waals surface area contributed by atoms with Crippen LogP contribution in [0.15, 0.2) is 24.3 Å². The van der Waals surface area contributed by atoms with Gasteiger partial charge in [0.2, 0.25) is 0 Å². The Kier molecular flexibility index (Phi) is 7.69. The van der Waals surface area contributed by atoms with E-state index in [2.05, 4.69) is 0 Å². The topological polar surface area (TPSA) is 58.6 Å². The number of nitrogens with one attached hydrogen (secondary N) is 1. The van der Waals surface area contributed by atoms with Gasteiger partial charge in [0.1, 0.15) is 5.60 Å². The van der Waals surface area contributed by atoms with Gasteiger partial charge < -0.3 is 15.0 Å². The van der Waals surface area contributed by atoms with Crippen LogP contribution in [0.25, 0.3) is 0 Å². The van der Waals surface area contributed by atoms with Gasteiger partial charge in [-0.1, -0.05) is 26.0 Å². The van der Waals surface area contributed by atoms with Crippen LogP contribution in [0, 0.1) is 5.92 Å². The Balaban J connectivity index is 3.43. The highest BCUT2D eigenvalue weighted by atomic mass is 19.4. The lowest BCUT2D eigenvalue weighted by molar-refractivity contribution is -0.221. The van der Waals surface area contributed by atoms with E-state index in [0.29, 0.717) is 0 Å². The molecule has 0 aliphatic rings. The molecule has 11 heteroatoms. The second kappa shape index (κ2) is 9.02. The van der Waals surface area contributed by atoms with Crippen molar-refractivity contribution >= 4 is 17.6 Å². The van der Waals surface area contributed by atoms with E-state index in [1.807, 2.05) is 0 Å². The molecule has 0 heterocycles. The minimum atomic E-state index is -5.25. The highest BCUT2D eigenvalue weighted by Gasteiger charge is 2.49. The maximum absolute atomic E-state index is 12.9. The van der Waals surface area contributed by atoms with Crippen molar-refractivity contribution in [1.82, 2.24) is 4.90 Å². The molecular weight excluding hydrogens is 406 g/mol. The van der Waals surface area contributed by atoms with Crippen LogP contribution in [0.2, 0.25) is 0 Å². The first-order valence-corrected chi connectivity index (χ1v) is 8.57. The molecular formula is C18H22F6N2O3. The van der Waals surface area contributed by atoms with E-state index in [1.165, 1.54) is 19.1 Å². The molecule has 1 aromatic carbocycles. The summed E-state index contributed by atoms with van der Waals surface area (Å²) in [6.45, 7) is 3.28. The summed E-state index contributed by atoms with van der Waals surface area (Å²) in [5.41, 5.74) is -2.04. The molecule has 1 rings (SSSR count). The van der Waals surface area contributed by atoms with Gasteiger partial charge in [-0.05, 0) is 38.2 Å². The van der Waals surface area contributed by atoms with Crippen LogP contribution in [0.4, 0.5) is 32.0 Å². The number of ether oxygens (including phenoxy) is 1. The standard InChI is InChI=1S/C18H22F6N2O3/c1-5-16(11(2)10-26(3)4,29-15(28)18(22,23)24)12-7-6-8-13(9-12)25-14(27)17(19,20)21/h6-9,11H,5,10H2,1-4H3,(H,25,27)/t11-,16?/m0/s1. The summed E-state index contributed by atoms with van der Waals surface area (Å²) < 4.78 is 81.0. The number of anilines is 1. The van der Waals surface area contributed by atoms with E-state index in [-0.39, 0.29) is 24.2 Å². The van der Waals surface area contributed by atoms with Crippen LogP contribution < -0.4 is 5.32 Å². The molecule has 0 bridgehead atoms. The van der Waals surface area contributed by atoms with Crippen molar-refractivity contribution in [3.63, 3.8) is 0 Å². The van der Waals surface area contributed by atoms with Crippen LogP contribution in [-0.2, 0) is 19.9 Å². The number of carbonyl (C=O) groups is 2. The Bertz CT molecular complexity index is 733. The van der Waals surface area contributed by atoms with E-state index in [0.717, 1.165) is 12.1 Å². The Morgan fingerprint density at radius 2 is 1.69 bits per heavy atom. The Hall–Kier alpha value is -2.30. The lowest BCUT2D eigenvalue weighted by Crippen LogP contribution is -2.45. The Labute approximate surface area is 164 Å². The van der Waals surface area contributed by atoms with Crippen molar-refractivity contribution < 1.29 is 40.7 Å². The van der Waals surface area contributed by atoms with E-state index in [1.54, 1.807) is 31.2 Å². The molecule has 0 saturated heterocycles. The number of hydrogen-bond donors (Lipinski definition) is 1. The molecule has 0 aromatic heterocycles. The number of esters is 1. The molecule has 0 saturated carbocycles. The van der Waals surface area contributed by atoms with Crippen molar-refractivity contribution in [2.45, 2.75) is 38.2 Å². The molecule has 0 spiro atoms. The fourth-order valence-corrected chi connectivity index (χ4v) is 3.05. The van der Waals surface area contributed by atoms with Crippen LogP contribution in [0.3, 0.4) is 0 Å². The molecule has 5 nitrogen and oxygen atoms in total. The first-order chi connectivity index (χ1) is 13.1. The number of amides is 1. The highest BCUT2D eigenvalue weighted by Crippen LogP contribution is 2.40. The van der Waals surface area contributed by atoms with Crippen molar-refractivity contribution in [2.24, 2.45) is 5.92 Å². The maximum Gasteiger partial charge on any atom is 0.490 e. The average Bonchev–Trinajstić information content (AvgIpc) is 2.57. The molecule has 0 aliphatic carbocycles. The second-order valence-electron chi connectivity index (χ2n) is 6.83. The van der Waals surface area contributed by atoms with Gasteiger partial charge >= 0.3 is 24.2 Å². The third-order valence-electron chi connectivity index (χ3n) is 4.33. The van der Waals surface area contributed by atoms with E-state index in [9.17, 15) is 35.9 Å². The molecule has 0 aliphatic heterocycles. The Morgan fingerprint density at radius 1 is 1.10 bits per heavy atom. The molecule has 0 fully saturated rings. The summed E-state index contributed by atoms with van der Waals surface area (Å²) in [7, 11) is 3.34. The molecule has 1 N–H and O–H groups in total. The normalized spacial score (nSPS) is 15.6. The summed E-state index contributed by atoms with van der Waals surface area (Å²) in [4.78, 5) is 24.5. The van der Waals surface area contributed by atoms with E-state index >= 15 is 0 Å². The molecule has 1 aromatic rings. The van der Waals surface area contributed by atoms with Gasteiger partial charge in [0, 0.05) is 18.2 Å². The maximum atomic E-state index is 12.9. The SMILES string of the molecule is CCC(OC(=O)C(F)(F)F)(c1cccc(NC(=O)C(F)(F)F)c1)[C@@H](C)CN(C)C. The van der Waals surface area contributed by atoms with Gasteiger partial charge in [-0.3, -0.25) is 4.79 Å². The van der Waals surface area contributed by atoms with Crippen LogP contribution in [0.1, 0.15) is 25.8 Å². The number of hydrogen-bond acceptors (Lipinski definition) is 4. The predicted octanol–water partition coefficient (Wildman–Crippen LogP) is 4.10. The van der Waals surface area contributed by atoms with Crippen LogP contribution >= 0.6 is 0 Å². The second-order valence-corrected chi connectivity index (χ2v) is 6.83. The van der Waals surface area contributed by atoms with Crippen molar-refractivity contribution in [3.8, 4) is 0 Å². The minimum absolute atomic E-state index is 0.0342. The lowest BCUT2D eigenvalue weighted by Gasteiger charge is -2.40. The summed E-state index contributed by atoms with van der Waals surface area (Å²) in [6, 6.07) is 4.82. The lowest BCUT2D eigenvalue weighted by atomic mass is 9.79. The summed E-state index contributed by atoms with van der Waals surface area (Å²) in [5.74, 6) is -5.30. The van der Waals surface area contributed by atoms with Gasteiger partial charge in [-0.15, -0.1) is 0 Å². The van der Waals surface area contributed by atoms with Gasteiger partial charge in [0.05, 0.1) is 0 Å². The quantitative estimate of drug-likeness (QED) is 0.525. The highest BCUT2D eigenvalue weighted by molar-refractivity contribution is 5.95. The van der Waals surface area contributed by atoms with E-state index in [4.69, 9.17) is 4.74 Å². The van der Waals surface area contributed by atoms with Gasteiger partial charge in [0.25, 0.3) is 0 Å². The molecule has 1 unspecified atom stereocenters. The van der Waals surface area contributed by atoms with Gasteiger partial charge in [-0.25, -0.2) is 4.79 Å². The monoisotopic (exact) mass is 428 g/mol. The zero-order chi connectivity index (χ0) is 22.6. The number of benzene rings is 1. The van der Waals surface area contributed by atoms with Gasteiger partial charge in [-0.2, -0.15) is 26.3 Å². The predicted molar refractivity (Wildman–Crippen MR) is 93.0 cm³/mol. The van der Waals surface area contributed by atoms with Crippen molar-refractivity contribution in [2.75, 3.05) is 26.0 Å². The minimum Gasteiger partial charge on any atom is -0.447 e. The fourth-order valence-electron chi connectivity index (χ4n) is 3.05. The number of alkyl halides is 6. The fraction of sp³-hybridized carbons (Fsp3) is 0.556. The van der Waals surface area contributed by atoms with E-state index < -0.39 is 35.7 Å². The third kappa shape index (κ3) is 6.34. The third-order valence-corrected chi connectivity index (χ3v) is 4.33. The molecule has 29 heavy (non-hydrogen) atoms. The zero-order valence-electron chi connectivity index (χ0n) is 16.2. The first kappa shape index (κ1) is 24.7. The number of halogens is 6. The number of rotatable bonds is 7. The molecule has 1 amide bonds. The summed E-state index contributed by atoms with van der Waals surface area (Å²) >= 11 is 0. The number of carbonyl (C=O) groups excluding carboxylic acids is 2. The first-order valence-electron chi connectivity index (χ1n) is 8.57. The zero-order valence-corrected chi connectivity index (χ0v) is 16.2. The van der Waals surface area contributed by atoms with Crippen LogP contribution in [0.5, 0.6) is 0 Å². The molecule has 0 radical (unpaired) electrons.